The number of carbonyl (C=O) groups excluding carboxylic acids is 2. The van der Waals surface area contributed by atoms with E-state index in [-0.39, 0.29) is 17.6 Å². The molecule has 3 heterocycles. The van der Waals surface area contributed by atoms with Gasteiger partial charge < -0.3 is 9.73 Å². The van der Waals surface area contributed by atoms with Crippen molar-refractivity contribution in [1.82, 2.24) is 9.97 Å². The van der Waals surface area contributed by atoms with Gasteiger partial charge in [-0.3, -0.25) is 14.9 Å². The fourth-order valence-corrected chi connectivity index (χ4v) is 3.21. The number of carbonyl (C=O) groups is 2. The number of rotatable bonds is 3. The Morgan fingerprint density at radius 3 is 3.08 bits per heavy atom. The molecular weight excluding hydrogens is 328 g/mol. The Balaban J connectivity index is 1.54. The summed E-state index contributed by atoms with van der Waals surface area (Å²) in [5.74, 6) is -0.209. The van der Waals surface area contributed by atoms with Crippen molar-refractivity contribution in [1.29, 1.82) is 0 Å². The second-order valence-corrected chi connectivity index (χ2v) is 6.14. The number of thiazole rings is 1. The van der Waals surface area contributed by atoms with Gasteiger partial charge in [0.05, 0.1) is 11.9 Å². The van der Waals surface area contributed by atoms with Gasteiger partial charge in [0.25, 0.3) is 5.91 Å². The van der Waals surface area contributed by atoms with Crippen LogP contribution in [0.1, 0.15) is 22.5 Å². The largest absolute Gasteiger partial charge is 0.438 e. The zero-order valence-corrected chi connectivity index (χ0v) is 13.2. The maximum absolute atomic E-state index is 11.9. The molecule has 7 nitrogen and oxygen atoms in total. The summed E-state index contributed by atoms with van der Waals surface area (Å²) in [5, 5.41) is 7.89. The van der Waals surface area contributed by atoms with Crippen LogP contribution >= 0.6 is 11.3 Å². The van der Waals surface area contributed by atoms with Crippen molar-refractivity contribution in [3.63, 3.8) is 0 Å². The number of nitrogens with zero attached hydrogens (tertiary/aromatic N) is 2. The van der Waals surface area contributed by atoms with Crippen molar-refractivity contribution in [2.75, 3.05) is 10.6 Å². The summed E-state index contributed by atoms with van der Waals surface area (Å²) in [6, 6.07) is 5.81. The third-order valence-electron chi connectivity index (χ3n) is 3.68. The van der Waals surface area contributed by atoms with E-state index in [2.05, 4.69) is 20.6 Å². The first-order valence-corrected chi connectivity index (χ1v) is 8.15. The Labute approximate surface area is 140 Å². The SMILES string of the molecule is O=C1CCc2cc(-c3csc(NC(=O)c4cnco4)n3)ccc2N1. The predicted octanol–water partition coefficient (Wildman–Crippen LogP) is 2.94. The van der Waals surface area contributed by atoms with E-state index in [9.17, 15) is 9.59 Å². The fraction of sp³-hybridized carbons (Fsp3) is 0.125. The molecule has 0 saturated heterocycles. The molecule has 3 aromatic rings. The van der Waals surface area contributed by atoms with Crippen molar-refractivity contribution < 1.29 is 14.0 Å². The molecule has 0 radical (unpaired) electrons. The first-order chi connectivity index (χ1) is 11.7. The number of aryl methyl sites for hydroxylation is 1. The second kappa shape index (κ2) is 5.89. The van der Waals surface area contributed by atoms with Gasteiger partial charge in [-0.25, -0.2) is 9.97 Å². The van der Waals surface area contributed by atoms with E-state index in [1.807, 2.05) is 23.6 Å². The first kappa shape index (κ1) is 14.6. The highest BCUT2D eigenvalue weighted by molar-refractivity contribution is 7.14. The first-order valence-electron chi connectivity index (χ1n) is 7.27. The molecule has 0 saturated carbocycles. The predicted molar refractivity (Wildman–Crippen MR) is 89.0 cm³/mol. The van der Waals surface area contributed by atoms with Crippen molar-refractivity contribution in [3.8, 4) is 11.3 Å². The summed E-state index contributed by atoms with van der Waals surface area (Å²) >= 11 is 1.33. The highest BCUT2D eigenvalue weighted by Gasteiger charge is 2.16. The molecule has 1 aromatic carbocycles. The van der Waals surface area contributed by atoms with Crippen LogP contribution in [0.15, 0.2) is 40.6 Å². The Hall–Kier alpha value is -3.00. The summed E-state index contributed by atoms with van der Waals surface area (Å²) < 4.78 is 4.95. The van der Waals surface area contributed by atoms with E-state index in [4.69, 9.17) is 4.42 Å². The minimum absolute atomic E-state index is 0.0429. The van der Waals surface area contributed by atoms with E-state index in [1.165, 1.54) is 23.9 Å². The zero-order valence-electron chi connectivity index (χ0n) is 12.4. The van der Waals surface area contributed by atoms with E-state index in [0.29, 0.717) is 18.0 Å². The van der Waals surface area contributed by atoms with Crippen LogP contribution in [-0.2, 0) is 11.2 Å². The number of hydrogen-bond donors (Lipinski definition) is 2. The molecule has 1 aliphatic rings. The summed E-state index contributed by atoms with van der Waals surface area (Å²) in [7, 11) is 0. The third kappa shape index (κ3) is 2.79. The van der Waals surface area contributed by atoms with Gasteiger partial charge in [-0.2, -0.15) is 0 Å². The second-order valence-electron chi connectivity index (χ2n) is 5.28. The lowest BCUT2D eigenvalue weighted by Crippen LogP contribution is -2.18. The molecule has 1 aliphatic heterocycles. The lowest BCUT2D eigenvalue weighted by atomic mass is 9.99. The average Bonchev–Trinajstić information content (AvgIpc) is 3.26. The number of anilines is 2. The maximum atomic E-state index is 11.9. The number of aromatic nitrogens is 2. The fourth-order valence-electron chi connectivity index (χ4n) is 2.49. The number of oxazole rings is 1. The van der Waals surface area contributed by atoms with Crippen LogP contribution in [0.4, 0.5) is 10.8 Å². The minimum atomic E-state index is -0.387. The summed E-state index contributed by atoms with van der Waals surface area (Å²) in [6.07, 6.45) is 3.76. The van der Waals surface area contributed by atoms with Gasteiger partial charge >= 0.3 is 0 Å². The van der Waals surface area contributed by atoms with Crippen LogP contribution < -0.4 is 10.6 Å². The quantitative estimate of drug-likeness (QED) is 0.764. The molecule has 24 heavy (non-hydrogen) atoms. The lowest BCUT2D eigenvalue weighted by molar-refractivity contribution is -0.116. The number of nitrogens with one attached hydrogen (secondary N) is 2. The molecule has 0 spiro atoms. The monoisotopic (exact) mass is 340 g/mol. The van der Waals surface area contributed by atoms with Crippen molar-refractivity contribution >= 4 is 34.0 Å². The Morgan fingerprint density at radius 2 is 2.25 bits per heavy atom. The van der Waals surface area contributed by atoms with Crippen LogP contribution in [0.3, 0.4) is 0 Å². The van der Waals surface area contributed by atoms with Gasteiger partial charge in [-0.15, -0.1) is 11.3 Å². The number of benzene rings is 1. The van der Waals surface area contributed by atoms with Gasteiger partial charge in [0.1, 0.15) is 0 Å². The summed E-state index contributed by atoms with van der Waals surface area (Å²) in [5.41, 5.74) is 3.66. The standard InChI is InChI=1S/C16H12N4O3S/c21-14-4-2-9-5-10(1-3-11(9)18-14)12-7-24-16(19-12)20-15(22)13-6-17-8-23-13/h1,3,5-8H,2,4H2,(H,18,21)(H,19,20,22). The van der Waals surface area contributed by atoms with Gasteiger partial charge in [-0.1, -0.05) is 6.07 Å². The zero-order chi connectivity index (χ0) is 16.5. The van der Waals surface area contributed by atoms with Gasteiger partial charge in [-0.05, 0) is 24.1 Å². The smallest absolute Gasteiger partial charge is 0.294 e. The molecule has 2 N–H and O–H groups in total. The molecular formula is C16H12N4O3S. The average molecular weight is 340 g/mol. The van der Waals surface area contributed by atoms with E-state index in [1.54, 1.807) is 0 Å². The summed E-state index contributed by atoms with van der Waals surface area (Å²) in [6.45, 7) is 0. The van der Waals surface area contributed by atoms with E-state index >= 15 is 0 Å². The molecule has 0 fully saturated rings. The van der Waals surface area contributed by atoms with Crippen molar-refractivity contribution in [2.24, 2.45) is 0 Å². The topological polar surface area (TPSA) is 97.1 Å². The number of fused-ring (bicyclic) bond motifs is 1. The number of amides is 2. The Morgan fingerprint density at radius 1 is 1.33 bits per heavy atom. The van der Waals surface area contributed by atoms with Gasteiger partial charge in [0, 0.05) is 23.1 Å². The molecule has 0 unspecified atom stereocenters. The Kier molecular flexibility index (Phi) is 3.58. The normalized spacial score (nSPS) is 13.2. The minimum Gasteiger partial charge on any atom is -0.438 e. The molecule has 120 valence electrons. The third-order valence-corrected chi connectivity index (χ3v) is 4.43. The molecule has 0 atom stereocenters. The molecule has 2 aromatic heterocycles. The molecule has 4 rings (SSSR count). The number of hydrogen-bond acceptors (Lipinski definition) is 6. The Bertz CT molecular complexity index is 917. The van der Waals surface area contributed by atoms with Crippen molar-refractivity contribution in [3.05, 3.63) is 47.5 Å². The highest BCUT2D eigenvalue weighted by atomic mass is 32.1. The van der Waals surface area contributed by atoms with Crippen LogP contribution in [0, 0.1) is 0 Å². The lowest BCUT2D eigenvalue weighted by Gasteiger charge is -2.17. The maximum Gasteiger partial charge on any atom is 0.294 e. The molecule has 8 heteroatoms. The molecule has 0 aliphatic carbocycles. The van der Waals surface area contributed by atoms with Gasteiger partial charge in [0.2, 0.25) is 11.7 Å². The van der Waals surface area contributed by atoms with Crippen molar-refractivity contribution in [2.45, 2.75) is 12.8 Å². The van der Waals surface area contributed by atoms with Crippen LogP contribution in [0.5, 0.6) is 0 Å². The molecule has 0 bridgehead atoms. The van der Waals surface area contributed by atoms with Crippen LogP contribution in [0.25, 0.3) is 11.3 Å². The molecule has 2 amide bonds. The van der Waals surface area contributed by atoms with E-state index < -0.39 is 0 Å². The van der Waals surface area contributed by atoms with Crippen LogP contribution in [0.2, 0.25) is 0 Å². The van der Waals surface area contributed by atoms with Crippen LogP contribution in [-0.4, -0.2) is 21.8 Å². The highest BCUT2D eigenvalue weighted by Crippen LogP contribution is 2.30. The van der Waals surface area contributed by atoms with Gasteiger partial charge in [0.15, 0.2) is 11.5 Å². The van der Waals surface area contributed by atoms with E-state index in [0.717, 1.165) is 22.5 Å². The summed E-state index contributed by atoms with van der Waals surface area (Å²) in [4.78, 5) is 31.5.